The molecule has 2 aromatic rings. The second kappa shape index (κ2) is 16.4. The van der Waals surface area contributed by atoms with E-state index in [4.69, 9.17) is 15.2 Å². The Labute approximate surface area is 249 Å². The van der Waals surface area contributed by atoms with Crippen molar-refractivity contribution in [3.05, 3.63) is 59.7 Å². The third-order valence-electron chi connectivity index (χ3n) is 6.46. The molecule has 4 N–H and O–H groups in total. The van der Waals surface area contributed by atoms with Crippen molar-refractivity contribution in [3.8, 4) is 5.75 Å². The van der Waals surface area contributed by atoms with E-state index >= 15 is 0 Å². The number of amides is 4. The largest absolute Gasteiger partial charge is 0.497 e. The number of anilines is 1. The van der Waals surface area contributed by atoms with Crippen LogP contribution in [0.2, 0.25) is 0 Å². The SMILES string of the molecule is CCCCCCCN(C(=O)C(CC(N)=O)NC(=O)OC(C)(C)C)C(C(=O)Nc1ccc(OC)cc1)c1cccc(C)c1. The summed E-state index contributed by atoms with van der Waals surface area (Å²) in [6, 6.07) is 11.8. The molecule has 0 heterocycles. The normalized spacial score (nSPS) is 12.5. The maximum atomic E-state index is 14.2. The van der Waals surface area contributed by atoms with Crippen molar-refractivity contribution in [2.75, 3.05) is 19.0 Å². The minimum Gasteiger partial charge on any atom is -0.497 e. The van der Waals surface area contributed by atoms with Crippen molar-refractivity contribution in [1.82, 2.24) is 10.2 Å². The number of aryl methyl sites for hydroxylation is 1. The minimum absolute atomic E-state index is 0.225. The first kappa shape index (κ1) is 34.1. The lowest BCUT2D eigenvalue weighted by Gasteiger charge is -2.34. The van der Waals surface area contributed by atoms with Gasteiger partial charge in [0.1, 0.15) is 23.4 Å². The van der Waals surface area contributed by atoms with Gasteiger partial charge in [0.15, 0.2) is 0 Å². The second-order valence-electron chi connectivity index (χ2n) is 11.3. The number of carbonyl (C=O) groups excluding carboxylic acids is 4. The molecule has 0 saturated heterocycles. The summed E-state index contributed by atoms with van der Waals surface area (Å²) in [6.45, 7) is 9.32. The number of hydrogen-bond donors (Lipinski definition) is 3. The summed E-state index contributed by atoms with van der Waals surface area (Å²) in [5.41, 5.74) is 6.69. The van der Waals surface area contributed by atoms with E-state index in [0.717, 1.165) is 31.2 Å². The van der Waals surface area contributed by atoms with Crippen LogP contribution in [0.4, 0.5) is 10.5 Å². The van der Waals surface area contributed by atoms with Gasteiger partial charge in [-0.15, -0.1) is 0 Å². The predicted molar refractivity (Wildman–Crippen MR) is 163 cm³/mol. The molecule has 10 heteroatoms. The maximum Gasteiger partial charge on any atom is 0.408 e. The lowest BCUT2D eigenvalue weighted by atomic mass is 9.99. The molecule has 0 radical (unpaired) electrons. The molecule has 4 amide bonds. The Kier molecular flexibility index (Phi) is 13.3. The fourth-order valence-electron chi connectivity index (χ4n) is 4.50. The van der Waals surface area contributed by atoms with E-state index in [1.54, 1.807) is 58.2 Å². The lowest BCUT2D eigenvalue weighted by Crippen LogP contribution is -2.53. The molecule has 0 aliphatic carbocycles. The topological polar surface area (TPSA) is 140 Å². The van der Waals surface area contributed by atoms with Crippen molar-refractivity contribution in [2.45, 2.75) is 90.8 Å². The highest BCUT2D eigenvalue weighted by molar-refractivity contribution is 5.99. The molecule has 2 aromatic carbocycles. The Bertz CT molecular complexity index is 1190. The highest BCUT2D eigenvalue weighted by Gasteiger charge is 2.37. The van der Waals surface area contributed by atoms with Crippen molar-refractivity contribution >= 4 is 29.5 Å². The highest BCUT2D eigenvalue weighted by atomic mass is 16.6. The number of methoxy groups -OCH3 is 1. The van der Waals surface area contributed by atoms with Gasteiger partial charge in [0, 0.05) is 12.2 Å². The van der Waals surface area contributed by atoms with Crippen LogP contribution in [-0.2, 0) is 19.1 Å². The standard InChI is InChI=1S/C32H46N4O6/c1-7-8-9-10-11-19-36(30(39)26(21-27(33)37)35-31(40)42-32(3,4)5)28(23-14-12-13-22(2)20-23)29(38)34-24-15-17-25(41-6)18-16-24/h12-18,20,26,28H,7-11,19,21H2,1-6H3,(H2,33,37)(H,34,38)(H,35,40). The number of unbranched alkanes of at least 4 members (excludes halogenated alkanes) is 4. The molecule has 2 rings (SSSR count). The first-order valence-electron chi connectivity index (χ1n) is 14.4. The van der Waals surface area contributed by atoms with E-state index < -0.39 is 47.9 Å². The average molecular weight is 583 g/mol. The molecule has 0 bridgehead atoms. The fraction of sp³-hybridized carbons (Fsp3) is 0.500. The van der Waals surface area contributed by atoms with Gasteiger partial charge in [-0.2, -0.15) is 0 Å². The number of rotatable bonds is 15. The van der Waals surface area contributed by atoms with Gasteiger partial charge >= 0.3 is 6.09 Å². The van der Waals surface area contributed by atoms with E-state index in [9.17, 15) is 19.2 Å². The van der Waals surface area contributed by atoms with E-state index in [1.165, 1.54) is 4.90 Å². The van der Waals surface area contributed by atoms with Crippen LogP contribution in [0.25, 0.3) is 0 Å². The molecule has 0 fully saturated rings. The summed E-state index contributed by atoms with van der Waals surface area (Å²) in [6.07, 6.45) is 3.24. The quantitative estimate of drug-likeness (QED) is 0.245. The summed E-state index contributed by atoms with van der Waals surface area (Å²) in [5, 5.41) is 5.43. The predicted octanol–water partition coefficient (Wildman–Crippen LogP) is 5.25. The molecule has 2 unspecified atom stereocenters. The van der Waals surface area contributed by atoms with Crippen LogP contribution >= 0.6 is 0 Å². The molecule has 0 saturated carbocycles. The number of nitrogens with one attached hydrogen (secondary N) is 2. The van der Waals surface area contributed by atoms with Crippen molar-refractivity contribution in [3.63, 3.8) is 0 Å². The number of nitrogens with two attached hydrogens (primary N) is 1. The number of primary amides is 1. The van der Waals surface area contributed by atoms with Crippen LogP contribution in [0.3, 0.4) is 0 Å². The first-order chi connectivity index (χ1) is 19.8. The minimum atomic E-state index is -1.32. The average Bonchev–Trinajstić information content (AvgIpc) is 2.90. The van der Waals surface area contributed by atoms with E-state index in [0.29, 0.717) is 23.4 Å². The van der Waals surface area contributed by atoms with Crippen molar-refractivity contribution < 1.29 is 28.7 Å². The number of benzene rings is 2. The molecule has 0 aromatic heterocycles. The van der Waals surface area contributed by atoms with Gasteiger partial charge in [0.25, 0.3) is 5.91 Å². The van der Waals surface area contributed by atoms with Gasteiger partial charge in [-0.25, -0.2) is 4.79 Å². The number of nitrogens with zero attached hydrogens (tertiary/aromatic N) is 1. The summed E-state index contributed by atoms with van der Waals surface area (Å²) < 4.78 is 10.6. The summed E-state index contributed by atoms with van der Waals surface area (Å²) >= 11 is 0. The van der Waals surface area contributed by atoms with Gasteiger partial charge in [0.2, 0.25) is 11.8 Å². The molecule has 0 aliphatic rings. The Balaban J connectivity index is 2.52. The van der Waals surface area contributed by atoms with E-state index in [-0.39, 0.29) is 6.54 Å². The van der Waals surface area contributed by atoms with Gasteiger partial charge in [-0.05, 0) is 63.9 Å². The zero-order valence-corrected chi connectivity index (χ0v) is 25.7. The van der Waals surface area contributed by atoms with Crippen LogP contribution in [0.1, 0.15) is 83.4 Å². The maximum absolute atomic E-state index is 14.2. The highest BCUT2D eigenvalue weighted by Crippen LogP contribution is 2.27. The smallest absolute Gasteiger partial charge is 0.408 e. The lowest BCUT2D eigenvalue weighted by molar-refractivity contribution is -0.142. The zero-order chi connectivity index (χ0) is 31.3. The van der Waals surface area contributed by atoms with Crippen LogP contribution in [-0.4, -0.2) is 54.0 Å². The summed E-state index contributed by atoms with van der Waals surface area (Å²) in [4.78, 5) is 54.3. The van der Waals surface area contributed by atoms with Gasteiger partial charge in [-0.3, -0.25) is 14.4 Å². The van der Waals surface area contributed by atoms with Crippen LogP contribution < -0.4 is 21.1 Å². The molecular weight excluding hydrogens is 536 g/mol. The molecule has 10 nitrogen and oxygen atoms in total. The number of ether oxygens (including phenoxy) is 2. The van der Waals surface area contributed by atoms with Crippen molar-refractivity contribution in [2.24, 2.45) is 5.73 Å². The van der Waals surface area contributed by atoms with E-state index in [2.05, 4.69) is 17.6 Å². The summed E-state index contributed by atoms with van der Waals surface area (Å²) in [7, 11) is 1.55. The van der Waals surface area contributed by atoms with Gasteiger partial charge in [0.05, 0.1) is 13.5 Å². The summed E-state index contributed by atoms with van der Waals surface area (Å²) in [5.74, 6) is -1.19. The fourth-order valence-corrected chi connectivity index (χ4v) is 4.50. The molecule has 42 heavy (non-hydrogen) atoms. The van der Waals surface area contributed by atoms with E-state index in [1.807, 2.05) is 25.1 Å². The third-order valence-corrected chi connectivity index (χ3v) is 6.46. The number of carbonyl (C=O) groups is 4. The number of hydrogen-bond acceptors (Lipinski definition) is 6. The third kappa shape index (κ3) is 11.4. The molecule has 2 atom stereocenters. The van der Waals surface area contributed by atoms with Crippen LogP contribution in [0.5, 0.6) is 5.75 Å². The molecule has 0 aliphatic heterocycles. The molecule has 230 valence electrons. The Hall–Kier alpha value is -4.08. The Morgan fingerprint density at radius 3 is 2.21 bits per heavy atom. The Morgan fingerprint density at radius 1 is 0.976 bits per heavy atom. The zero-order valence-electron chi connectivity index (χ0n) is 25.7. The van der Waals surface area contributed by atoms with Gasteiger partial charge < -0.3 is 30.7 Å². The van der Waals surface area contributed by atoms with Crippen LogP contribution in [0.15, 0.2) is 48.5 Å². The van der Waals surface area contributed by atoms with Gasteiger partial charge in [-0.1, -0.05) is 62.4 Å². The van der Waals surface area contributed by atoms with Crippen LogP contribution in [0, 0.1) is 6.92 Å². The molecule has 0 spiro atoms. The van der Waals surface area contributed by atoms with Crippen molar-refractivity contribution in [1.29, 1.82) is 0 Å². The molecular formula is C32H46N4O6. The number of alkyl carbamates (subject to hydrolysis) is 1. The second-order valence-corrected chi connectivity index (χ2v) is 11.3. The first-order valence-corrected chi connectivity index (χ1v) is 14.4. The monoisotopic (exact) mass is 582 g/mol. The Morgan fingerprint density at radius 2 is 1.64 bits per heavy atom.